The highest BCUT2D eigenvalue weighted by Gasteiger charge is 2.09. The van der Waals surface area contributed by atoms with Crippen molar-refractivity contribution in [1.29, 1.82) is 0 Å². The Hall–Kier alpha value is -3.06. The summed E-state index contributed by atoms with van der Waals surface area (Å²) in [5.41, 5.74) is 1.99. The minimum Gasteiger partial charge on any atom is -0.484 e. The predicted octanol–water partition coefficient (Wildman–Crippen LogP) is 3.37. The van der Waals surface area contributed by atoms with Gasteiger partial charge in [0, 0.05) is 50.1 Å². The number of carbonyl (C=O) groups is 2. The van der Waals surface area contributed by atoms with E-state index in [9.17, 15) is 14.0 Å². The monoisotopic (exact) mass is 419 g/mol. The second-order valence-corrected chi connectivity index (χ2v) is 6.87. The summed E-state index contributed by atoms with van der Waals surface area (Å²) in [7, 11) is 3.84. The molecule has 0 aliphatic heterocycles. The van der Waals surface area contributed by atoms with Crippen molar-refractivity contribution in [2.24, 2.45) is 0 Å². The quantitative estimate of drug-likeness (QED) is 0.653. The third-order valence-electron chi connectivity index (χ3n) is 3.95. The molecule has 2 N–H and O–H groups in total. The lowest BCUT2D eigenvalue weighted by molar-refractivity contribution is -0.123. The van der Waals surface area contributed by atoms with E-state index in [1.165, 1.54) is 12.1 Å². The molecule has 0 aliphatic carbocycles. The Balaban J connectivity index is 1.69. The van der Waals surface area contributed by atoms with Crippen molar-refractivity contribution in [3.05, 3.63) is 71.1 Å². The number of benzene rings is 2. The number of carbonyl (C=O) groups excluding carboxylic acids is 2. The molecule has 0 fully saturated rings. The van der Waals surface area contributed by atoms with Crippen molar-refractivity contribution in [2.45, 2.75) is 6.42 Å². The summed E-state index contributed by atoms with van der Waals surface area (Å²) in [4.78, 5) is 26.0. The first-order valence-electron chi connectivity index (χ1n) is 8.87. The zero-order valence-corrected chi connectivity index (χ0v) is 17.1. The van der Waals surface area contributed by atoms with Gasteiger partial charge in [-0.2, -0.15) is 0 Å². The fourth-order valence-electron chi connectivity index (χ4n) is 2.33. The summed E-state index contributed by atoms with van der Waals surface area (Å²) in [5.74, 6) is -1.05. The fourth-order valence-corrected chi connectivity index (χ4v) is 2.44. The molecule has 8 heteroatoms. The van der Waals surface area contributed by atoms with Crippen molar-refractivity contribution >= 4 is 29.1 Å². The topological polar surface area (TPSA) is 70.7 Å². The maximum absolute atomic E-state index is 13.3. The van der Waals surface area contributed by atoms with Gasteiger partial charge < -0.3 is 20.3 Å². The summed E-state index contributed by atoms with van der Waals surface area (Å²) < 4.78 is 18.5. The van der Waals surface area contributed by atoms with Gasteiger partial charge in [-0.1, -0.05) is 18.2 Å². The summed E-state index contributed by atoms with van der Waals surface area (Å²) in [6.45, 7) is 3.81. The van der Waals surface area contributed by atoms with Crippen LogP contribution in [0.5, 0.6) is 5.75 Å². The minimum absolute atomic E-state index is 0.0176. The predicted molar refractivity (Wildman–Crippen MR) is 112 cm³/mol. The molecule has 0 unspecified atom stereocenters. The minimum atomic E-state index is -0.618. The zero-order chi connectivity index (χ0) is 21.4. The van der Waals surface area contributed by atoms with E-state index >= 15 is 0 Å². The molecule has 6 nitrogen and oxygen atoms in total. The highest BCUT2D eigenvalue weighted by molar-refractivity contribution is 6.30. The van der Waals surface area contributed by atoms with Gasteiger partial charge in [-0.05, 0) is 36.4 Å². The molecule has 2 amide bonds. The number of rotatable bonds is 9. The number of anilines is 1. The first-order chi connectivity index (χ1) is 13.8. The van der Waals surface area contributed by atoms with Gasteiger partial charge in [0.25, 0.3) is 11.8 Å². The van der Waals surface area contributed by atoms with Crippen molar-refractivity contribution in [3.8, 4) is 5.75 Å². The van der Waals surface area contributed by atoms with Crippen LogP contribution < -0.4 is 20.3 Å². The van der Waals surface area contributed by atoms with Gasteiger partial charge in [0.1, 0.15) is 11.6 Å². The third kappa shape index (κ3) is 7.12. The first-order valence-corrected chi connectivity index (χ1v) is 9.25. The van der Waals surface area contributed by atoms with Crippen LogP contribution in [0, 0.1) is 5.82 Å². The van der Waals surface area contributed by atoms with E-state index in [1.54, 1.807) is 12.1 Å². The Kier molecular flexibility index (Phi) is 8.03. The third-order valence-corrected chi connectivity index (χ3v) is 4.25. The van der Waals surface area contributed by atoms with E-state index in [0.29, 0.717) is 17.7 Å². The Morgan fingerprint density at radius 3 is 2.48 bits per heavy atom. The van der Waals surface area contributed by atoms with E-state index in [-0.39, 0.29) is 35.7 Å². The average molecular weight is 420 g/mol. The lowest BCUT2D eigenvalue weighted by atomic mass is 10.2. The van der Waals surface area contributed by atoms with Crippen molar-refractivity contribution in [3.63, 3.8) is 0 Å². The number of nitrogens with one attached hydrogen (secondary N) is 2. The first kappa shape index (κ1) is 22.2. The van der Waals surface area contributed by atoms with Crippen molar-refractivity contribution in [2.75, 3.05) is 32.1 Å². The van der Waals surface area contributed by atoms with E-state index in [4.69, 9.17) is 16.3 Å². The number of hydrogen-bond acceptors (Lipinski definition) is 4. The summed E-state index contributed by atoms with van der Waals surface area (Å²) in [6, 6.07) is 11.1. The molecule has 2 rings (SSSR count). The molecule has 154 valence electrons. The van der Waals surface area contributed by atoms with E-state index in [2.05, 4.69) is 17.2 Å². The lowest BCUT2D eigenvalue weighted by Crippen LogP contribution is -2.31. The van der Waals surface area contributed by atoms with Gasteiger partial charge in [-0.25, -0.2) is 4.39 Å². The van der Waals surface area contributed by atoms with Gasteiger partial charge in [0.05, 0.1) is 5.02 Å². The van der Waals surface area contributed by atoms with Crippen LogP contribution in [0.1, 0.15) is 16.8 Å². The number of hydrogen-bond donors (Lipinski definition) is 2. The number of nitrogens with zero attached hydrogens (tertiary/aromatic N) is 1. The maximum Gasteiger partial charge on any atom is 0.257 e. The number of amides is 2. The Labute approximate surface area is 174 Å². The smallest absolute Gasteiger partial charge is 0.257 e. The maximum atomic E-state index is 13.3. The molecule has 29 heavy (non-hydrogen) atoms. The fraction of sp³-hybridized carbons (Fsp3) is 0.238. The van der Waals surface area contributed by atoms with Gasteiger partial charge in [0.2, 0.25) is 0 Å². The SMILES string of the molecule is C=C(CCNC(=O)COc1ccc(Cl)c(F)c1)NC(=O)c1ccc(N(C)C)cc1. The highest BCUT2D eigenvalue weighted by atomic mass is 35.5. The van der Waals surface area contributed by atoms with E-state index in [0.717, 1.165) is 11.8 Å². The summed E-state index contributed by atoms with van der Waals surface area (Å²) in [5, 5.41) is 5.33. The van der Waals surface area contributed by atoms with Crippen LogP contribution >= 0.6 is 11.6 Å². The van der Waals surface area contributed by atoms with Crippen LogP contribution in [-0.2, 0) is 4.79 Å². The second-order valence-electron chi connectivity index (χ2n) is 6.46. The molecule has 0 saturated heterocycles. The van der Waals surface area contributed by atoms with Crippen LogP contribution in [-0.4, -0.2) is 39.1 Å². The molecular formula is C21H23ClFN3O3. The molecule has 0 aliphatic rings. The lowest BCUT2D eigenvalue weighted by Gasteiger charge is -2.13. The van der Waals surface area contributed by atoms with E-state index < -0.39 is 5.82 Å². The second kappa shape index (κ2) is 10.5. The molecule has 0 radical (unpaired) electrons. The average Bonchev–Trinajstić information content (AvgIpc) is 2.69. The van der Waals surface area contributed by atoms with Crippen LogP contribution in [0.2, 0.25) is 5.02 Å². The molecular weight excluding hydrogens is 397 g/mol. The molecule has 0 spiro atoms. The van der Waals surface area contributed by atoms with Crippen molar-refractivity contribution < 1.29 is 18.7 Å². The van der Waals surface area contributed by atoms with Crippen LogP contribution in [0.3, 0.4) is 0 Å². The van der Waals surface area contributed by atoms with Crippen LogP contribution in [0.25, 0.3) is 0 Å². The molecule has 0 saturated carbocycles. The molecule has 2 aromatic rings. The zero-order valence-electron chi connectivity index (χ0n) is 16.3. The van der Waals surface area contributed by atoms with Gasteiger partial charge in [0.15, 0.2) is 6.61 Å². The highest BCUT2D eigenvalue weighted by Crippen LogP contribution is 2.20. The van der Waals surface area contributed by atoms with Gasteiger partial charge in [-0.15, -0.1) is 0 Å². The number of ether oxygens (including phenoxy) is 1. The summed E-state index contributed by atoms with van der Waals surface area (Å²) >= 11 is 5.59. The largest absolute Gasteiger partial charge is 0.484 e. The number of halogens is 2. The molecule has 0 aromatic heterocycles. The molecule has 2 aromatic carbocycles. The van der Waals surface area contributed by atoms with Gasteiger partial charge >= 0.3 is 0 Å². The Bertz CT molecular complexity index is 885. The van der Waals surface area contributed by atoms with Crippen LogP contribution in [0.15, 0.2) is 54.7 Å². The Morgan fingerprint density at radius 2 is 1.86 bits per heavy atom. The summed E-state index contributed by atoms with van der Waals surface area (Å²) in [6.07, 6.45) is 0.364. The van der Waals surface area contributed by atoms with E-state index in [1.807, 2.05) is 31.1 Å². The molecule has 0 bridgehead atoms. The van der Waals surface area contributed by atoms with Gasteiger partial charge in [-0.3, -0.25) is 9.59 Å². The molecule has 0 atom stereocenters. The Morgan fingerprint density at radius 1 is 1.17 bits per heavy atom. The standard InChI is InChI=1S/C21H23ClFN3O3/c1-14(25-21(28)15-4-6-16(7-5-15)26(2)3)10-11-24-20(27)13-29-17-8-9-18(22)19(23)12-17/h4-9,12H,1,10-11,13H2,2-3H3,(H,24,27)(H,25,28). The van der Waals surface area contributed by atoms with Crippen LogP contribution in [0.4, 0.5) is 10.1 Å². The normalized spacial score (nSPS) is 10.2. The van der Waals surface area contributed by atoms with Crippen molar-refractivity contribution in [1.82, 2.24) is 10.6 Å². The molecule has 0 heterocycles.